The van der Waals surface area contributed by atoms with Crippen molar-refractivity contribution in [3.8, 4) is 0 Å². The molecule has 0 aliphatic carbocycles. The Labute approximate surface area is 173 Å². The van der Waals surface area contributed by atoms with Gasteiger partial charge in [-0.3, -0.25) is 14.3 Å². The second kappa shape index (κ2) is 13.6. The molecule has 1 aromatic rings. The Kier molecular flexibility index (Phi) is 12.0. The standard InChI is InChI=1S/C19H33N4O5P/c1-7-17(12-26-14-22-10-8-18(24)21-19(22)25)13-28-29(27-11-9-20-6)23(15(2)3)16(4)5/h8,10,15-17H,7,9,11-14H2,1-5H3,(H,21,24,25)/t17-,29?/m0/s1. The molecule has 2 atom stereocenters. The van der Waals surface area contributed by atoms with Gasteiger partial charge in [-0.15, -0.1) is 0 Å². The van der Waals surface area contributed by atoms with Crippen molar-refractivity contribution in [3.63, 3.8) is 0 Å². The molecule has 0 spiro atoms. The smallest absolute Gasteiger partial charge is 0.330 e. The number of aromatic nitrogens is 2. The van der Waals surface area contributed by atoms with E-state index in [0.717, 1.165) is 6.42 Å². The van der Waals surface area contributed by atoms with E-state index in [0.29, 0.717) is 26.4 Å². The van der Waals surface area contributed by atoms with Gasteiger partial charge in [-0.2, -0.15) is 0 Å². The number of nitrogens with zero attached hydrogens (tertiary/aromatic N) is 3. The molecule has 0 aliphatic heterocycles. The number of ether oxygens (including phenoxy) is 1. The summed E-state index contributed by atoms with van der Waals surface area (Å²) in [6, 6.07) is 1.78. The fraction of sp³-hybridized carbons (Fsp3) is 0.737. The Hall–Kier alpha value is -1.56. The maximum absolute atomic E-state index is 11.7. The molecule has 0 radical (unpaired) electrons. The first-order valence-corrected chi connectivity index (χ1v) is 11.0. The molecule has 10 heteroatoms. The first-order chi connectivity index (χ1) is 13.8. The monoisotopic (exact) mass is 428 g/mol. The molecule has 1 unspecified atom stereocenters. The molecule has 29 heavy (non-hydrogen) atoms. The number of hydrogen-bond acceptors (Lipinski definition) is 6. The van der Waals surface area contributed by atoms with Crippen molar-refractivity contribution in [1.29, 1.82) is 0 Å². The zero-order valence-corrected chi connectivity index (χ0v) is 18.9. The van der Waals surface area contributed by atoms with Gasteiger partial charge >= 0.3 is 5.69 Å². The van der Waals surface area contributed by atoms with Gasteiger partial charge in [-0.1, -0.05) is 6.92 Å². The highest BCUT2D eigenvalue weighted by atomic mass is 31.2. The lowest BCUT2D eigenvalue weighted by Crippen LogP contribution is -2.34. The van der Waals surface area contributed by atoms with Crippen LogP contribution in [0, 0.1) is 12.5 Å². The number of hydrogen-bond donors (Lipinski definition) is 1. The van der Waals surface area contributed by atoms with Crippen molar-refractivity contribution in [2.45, 2.75) is 59.9 Å². The molecule has 0 aromatic carbocycles. The average molecular weight is 428 g/mol. The third-order valence-electron chi connectivity index (χ3n) is 4.13. The zero-order chi connectivity index (χ0) is 21.8. The summed E-state index contributed by atoms with van der Waals surface area (Å²) >= 11 is 0. The van der Waals surface area contributed by atoms with Gasteiger partial charge in [0.1, 0.15) is 13.3 Å². The minimum absolute atomic E-state index is 0.0620. The van der Waals surface area contributed by atoms with Gasteiger partial charge in [0.25, 0.3) is 14.1 Å². The number of rotatable bonds is 14. The van der Waals surface area contributed by atoms with Crippen LogP contribution in [0.15, 0.2) is 21.9 Å². The SMILES string of the molecule is [C-]#[N+]CCOP(OC[C@@H](CC)COCn1ccc(=O)[nH]c1=O)N(C(C)C)C(C)C. The fourth-order valence-electron chi connectivity index (χ4n) is 2.63. The summed E-state index contributed by atoms with van der Waals surface area (Å²) in [7, 11) is -1.28. The predicted octanol–water partition coefficient (Wildman–Crippen LogP) is 2.84. The Morgan fingerprint density at radius 1 is 1.21 bits per heavy atom. The van der Waals surface area contributed by atoms with Crippen LogP contribution < -0.4 is 11.2 Å². The predicted molar refractivity (Wildman–Crippen MR) is 113 cm³/mol. The molecule has 1 rings (SSSR count). The molecule has 0 bridgehead atoms. The van der Waals surface area contributed by atoms with Crippen molar-refractivity contribution in [2.75, 3.05) is 26.4 Å². The Morgan fingerprint density at radius 2 is 1.90 bits per heavy atom. The van der Waals surface area contributed by atoms with E-state index in [1.54, 1.807) is 0 Å². The minimum atomic E-state index is -1.28. The Morgan fingerprint density at radius 3 is 2.45 bits per heavy atom. The van der Waals surface area contributed by atoms with E-state index >= 15 is 0 Å². The third-order valence-corrected chi connectivity index (χ3v) is 6.20. The zero-order valence-electron chi connectivity index (χ0n) is 18.0. The van der Waals surface area contributed by atoms with E-state index in [4.69, 9.17) is 20.4 Å². The number of aromatic amines is 1. The lowest BCUT2D eigenvalue weighted by Gasteiger charge is -2.36. The molecule has 1 aromatic heterocycles. The van der Waals surface area contributed by atoms with Crippen LogP contribution in [-0.4, -0.2) is 52.7 Å². The molecule has 9 nitrogen and oxygen atoms in total. The summed E-state index contributed by atoms with van der Waals surface area (Å²) in [5.41, 5.74) is -0.930. The first kappa shape index (κ1) is 25.5. The van der Waals surface area contributed by atoms with Crippen LogP contribution in [0.25, 0.3) is 4.85 Å². The van der Waals surface area contributed by atoms with Crippen LogP contribution in [-0.2, 0) is 20.5 Å². The van der Waals surface area contributed by atoms with Crippen LogP contribution in [0.5, 0.6) is 0 Å². The van der Waals surface area contributed by atoms with E-state index in [-0.39, 0.29) is 24.7 Å². The quantitative estimate of drug-likeness (QED) is 0.278. The normalized spacial score (nSPS) is 13.8. The van der Waals surface area contributed by atoms with Gasteiger partial charge in [0.2, 0.25) is 6.54 Å². The van der Waals surface area contributed by atoms with Crippen LogP contribution in [0.2, 0.25) is 0 Å². The summed E-state index contributed by atoms with van der Waals surface area (Å²) < 4.78 is 21.2. The van der Waals surface area contributed by atoms with E-state index in [1.165, 1.54) is 16.8 Å². The molecule has 0 fully saturated rings. The van der Waals surface area contributed by atoms with Crippen molar-refractivity contribution < 1.29 is 13.8 Å². The highest BCUT2D eigenvalue weighted by molar-refractivity contribution is 7.44. The van der Waals surface area contributed by atoms with E-state index in [1.807, 2.05) is 6.92 Å². The van der Waals surface area contributed by atoms with Crippen LogP contribution in [0.4, 0.5) is 0 Å². The second-order valence-electron chi connectivity index (χ2n) is 7.17. The van der Waals surface area contributed by atoms with Gasteiger partial charge in [0.05, 0.1) is 13.2 Å². The van der Waals surface area contributed by atoms with E-state index < -0.39 is 19.8 Å². The van der Waals surface area contributed by atoms with Gasteiger partial charge in [-0.05, 0) is 34.1 Å². The van der Waals surface area contributed by atoms with Crippen LogP contribution in [0.3, 0.4) is 0 Å². The third kappa shape index (κ3) is 9.20. The summed E-state index contributed by atoms with van der Waals surface area (Å²) in [5.74, 6) is 0.129. The van der Waals surface area contributed by atoms with Gasteiger partial charge in [0, 0.05) is 30.3 Å². The highest BCUT2D eigenvalue weighted by Crippen LogP contribution is 2.46. The van der Waals surface area contributed by atoms with Crippen LogP contribution >= 0.6 is 8.53 Å². The Bertz CT molecular complexity index is 735. The summed E-state index contributed by atoms with van der Waals surface area (Å²) in [6.07, 6.45) is 2.25. The highest BCUT2D eigenvalue weighted by Gasteiger charge is 2.28. The van der Waals surface area contributed by atoms with Crippen molar-refractivity contribution >= 4 is 8.53 Å². The molecule has 164 valence electrons. The molecule has 0 aliphatic rings. The lowest BCUT2D eigenvalue weighted by molar-refractivity contribution is 0.0302. The van der Waals surface area contributed by atoms with Gasteiger partial charge in [0.15, 0.2) is 0 Å². The molecule has 1 N–H and O–H groups in total. The summed E-state index contributed by atoms with van der Waals surface area (Å²) in [4.78, 5) is 28.3. The van der Waals surface area contributed by atoms with Crippen molar-refractivity contribution in [3.05, 3.63) is 44.5 Å². The van der Waals surface area contributed by atoms with Gasteiger partial charge < -0.3 is 18.6 Å². The maximum Gasteiger partial charge on any atom is 0.330 e. The van der Waals surface area contributed by atoms with Gasteiger partial charge in [-0.25, -0.2) is 16.0 Å². The maximum atomic E-state index is 11.7. The van der Waals surface area contributed by atoms with E-state index in [9.17, 15) is 9.59 Å². The average Bonchev–Trinajstić information content (AvgIpc) is 2.65. The molecular weight excluding hydrogens is 395 g/mol. The lowest BCUT2D eigenvalue weighted by atomic mass is 10.1. The summed E-state index contributed by atoms with van der Waals surface area (Å²) in [5, 5.41) is 0. The molecule has 0 saturated heterocycles. The number of nitrogens with one attached hydrogen (secondary N) is 1. The Balaban J connectivity index is 2.62. The molecule has 0 amide bonds. The second-order valence-corrected chi connectivity index (χ2v) is 8.62. The number of H-pyrrole nitrogens is 1. The summed E-state index contributed by atoms with van der Waals surface area (Å²) in [6.45, 7) is 18.9. The first-order valence-electron chi connectivity index (χ1n) is 9.85. The molecular formula is C19H33N4O5P. The largest absolute Gasteiger partial charge is 0.360 e. The van der Waals surface area contributed by atoms with Crippen molar-refractivity contribution in [1.82, 2.24) is 14.2 Å². The topological polar surface area (TPSA) is 90.1 Å². The molecule has 0 saturated carbocycles. The fourth-order valence-corrected chi connectivity index (χ4v) is 4.30. The minimum Gasteiger partial charge on any atom is -0.360 e. The van der Waals surface area contributed by atoms with Crippen LogP contribution in [0.1, 0.15) is 41.0 Å². The van der Waals surface area contributed by atoms with E-state index in [2.05, 4.69) is 42.2 Å². The van der Waals surface area contributed by atoms with Crippen molar-refractivity contribution in [2.24, 2.45) is 5.92 Å². The molecule has 1 heterocycles.